The molecule has 1 aromatic carbocycles. The summed E-state index contributed by atoms with van der Waals surface area (Å²) in [7, 11) is 0. The Kier molecular flexibility index (Phi) is 4.27. The van der Waals surface area contributed by atoms with Crippen LogP contribution in [0, 0.1) is 15.9 Å². The van der Waals surface area contributed by atoms with Crippen LogP contribution >= 0.6 is 38.9 Å². The fraction of sp³-hybridized carbons (Fsp3) is 0.111. The van der Waals surface area contributed by atoms with Crippen molar-refractivity contribution in [2.45, 2.75) is 6.61 Å². The number of nitrogens with zero attached hydrogens (tertiary/aromatic N) is 3. The Morgan fingerprint density at radius 3 is 2.84 bits per heavy atom. The van der Waals surface area contributed by atoms with Gasteiger partial charge in [-0.1, -0.05) is 11.3 Å². The molecule has 0 saturated carbocycles. The molecular weight excluding hydrogens is 365 g/mol. The van der Waals surface area contributed by atoms with Crippen LogP contribution in [0.2, 0.25) is 4.47 Å². The summed E-state index contributed by atoms with van der Waals surface area (Å²) in [4.78, 5) is 10.1. The monoisotopic (exact) mass is 367 g/mol. The van der Waals surface area contributed by atoms with Crippen LogP contribution in [0.1, 0.15) is 5.01 Å². The van der Waals surface area contributed by atoms with Gasteiger partial charge in [-0.3, -0.25) is 10.1 Å². The third-order valence-corrected chi connectivity index (χ3v) is 3.55. The first-order valence-electron chi connectivity index (χ1n) is 4.71. The average molecular weight is 369 g/mol. The van der Waals surface area contributed by atoms with Crippen molar-refractivity contribution in [1.82, 2.24) is 10.2 Å². The number of hydrogen-bond acceptors (Lipinski definition) is 6. The van der Waals surface area contributed by atoms with Crippen molar-refractivity contribution < 1.29 is 14.1 Å². The molecule has 0 fully saturated rings. The summed E-state index contributed by atoms with van der Waals surface area (Å²) in [6.07, 6.45) is 0. The normalized spacial score (nSPS) is 10.5. The second kappa shape index (κ2) is 5.76. The van der Waals surface area contributed by atoms with Crippen molar-refractivity contribution >= 4 is 44.6 Å². The molecule has 0 N–H and O–H groups in total. The van der Waals surface area contributed by atoms with Gasteiger partial charge in [-0.15, -0.1) is 10.2 Å². The Balaban J connectivity index is 2.26. The highest BCUT2D eigenvalue weighted by Gasteiger charge is 2.21. The first-order valence-corrected chi connectivity index (χ1v) is 6.70. The van der Waals surface area contributed by atoms with E-state index in [1.54, 1.807) is 0 Å². The third kappa shape index (κ3) is 3.37. The largest absolute Gasteiger partial charge is 0.479 e. The number of halogens is 3. The van der Waals surface area contributed by atoms with E-state index in [0.717, 1.165) is 23.5 Å². The summed E-state index contributed by atoms with van der Waals surface area (Å²) < 4.78 is 18.8. The number of nitro benzene ring substituents is 1. The molecule has 0 spiro atoms. The molecule has 0 atom stereocenters. The molecule has 0 saturated heterocycles. The van der Waals surface area contributed by atoms with E-state index < -0.39 is 16.4 Å². The van der Waals surface area contributed by atoms with Crippen molar-refractivity contribution in [3.8, 4) is 5.75 Å². The highest BCUT2D eigenvalue weighted by molar-refractivity contribution is 9.10. The van der Waals surface area contributed by atoms with Crippen LogP contribution in [0.5, 0.6) is 5.75 Å². The van der Waals surface area contributed by atoms with Gasteiger partial charge >= 0.3 is 5.69 Å². The van der Waals surface area contributed by atoms with Gasteiger partial charge in [0.15, 0.2) is 5.01 Å². The lowest BCUT2D eigenvalue weighted by molar-refractivity contribution is -0.386. The zero-order chi connectivity index (χ0) is 14.0. The molecule has 0 bridgehead atoms. The predicted molar refractivity (Wildman–Crippen MR) is 70.0 cm³/mol. The number of hydrogen-bond donors (Lipinski definition) is 0. The van der Waals surface area contributed by atoms with Crippen molar-refractivity contribution in [3.63, 3.8) is 0 Å². The lowest BCUT2D eigenvalue weighted by Crippen LogP contribution is -2.00. The van der Waals surface area contributed by atoms with Crippen molar-refractivity contribution in [2.24, 2.45) is 0 Å². The molecular formula is C9H4BrClFN3O3S. The van der Waals surface area contributed by atoms with Crippen molar-refractivity contribution in [3.05, 3.63) is 42.0 Å². The lowest BCUT2D eigenvalue weighted by Gasteiger charge is -2.07. The van der Waals surface area contributed by atoms with Crippen LogP contribution in [0.15, 0.2) is 16.6 Å². The number of aromatic nitrogens is 2. The molecule has 19 heavy (non-hydrogen) atoms. The van der Waals surface area contributed by atoms with E-state index in [1.807, 2.05) is 0 Å². The van der Waals surface area contributed by atoms with Gasteiger partial charge in [0.05, 0.1) is 15.5 Å². The van der Waals surface area contributed by atoms with Crippen LogP contribution in [-0.4, -0.2) is 15.1 Å². The standard InChI is InChI=1S/C9H4BrClFN3O3S/c10-5-1-4(12)2-6(15(16)17)8(5)18-3-7-13-14-9(11)19-7/h1-2H,3H2. The number of ether oxygens (including phenoxy) is 1. The summed E-state index contributed by atoms with van der Waals surface area (Å²) in [6.45, 7) is -0.0462. The van der Waals surface area contributed by atoms with Crippen LogP contribution in [0.4, 0.5) is 10.1 Å². The Bertz CT molecular complexity index is 639. The molecule has 2 rings (SSSR count). The van der Waals surface area contributed by atoms with Gasteiger partial charge in [-0.25, -0.2) is 4.39 Å². The fourth-order valence-corrected chi connectivity index (χ4v) is 2.57. The number of rotatable bonds is 4. The minimum absolute atomic E-state index is 0.0462. The first-order chi connectivity index (χ1) is 8.97. The van der Waals surface area contributed by atoms with E-state index in [-0.39, 0.29) is 21.3 Å². The molecule has 6 nitrogen and oxygen atoms in total. The Morgan fingerprint density at radius 1 is 1.53 bits per heavy atom. The molecule has 0 amide bonds. The maximum Gasteiger partial charge on any atom is 0.315 e. The SMILES string of the molecule is O=[N+]([O-])c1cc(F)cc(Br)c1OCc1nnc(Cl)s1. The Hall–Kier alpha value is -1.32. The van der Waals surface area contributed by atoms with E-state index in [9.17, 15) is 14.5 Å². The molecule has 10 heteroatoms. The van der Waals surface area contributed by atoms with Crippen molar-refractivity contribution in [1.29, 1.82) is 0 Å². The molecule has 0 aliphatic rings. The molecule has 0 radical (unpaired) electrons. The fourth-order valence-electron chi connectivity index (χ4n) is 1.25. The second-order valence-electron chi connectivity index (χ2n) is 3.23. The number of nitro groups is 1. The molecule has 100 valence electrons. The van der Waals surface area contributed by atoms with Crippen LogP contribution in [0.25, 0.3) is 0 Å². The zero-order valence-electron chi connectivity index (χ0n) is 8.97. The van der Waals surface area contributed by atoms with Gasteiger partial charge in [0, 0.05) is 0 Å². The summed E-state index contributed by atoms with van der Waals surface area (Å²) in [6, 6.07) is 1.86. The molecule has 0 unspecified atom stereocenters. The van der Waals surface area contributed by atoms with E-state index in [1.165, 1.54) is 0 Å². The lowest BCUT2D eigenvalue weighted by atomic mass is 10.3. The molecule has 1 aromatic heterocycles. The number of benzene rings is 1. The van der Waals surface area contributed by atoms with E-state index >= 15 is 0 Å². The van der Waals surface area contributed by atoms with Gasteiger partial charge in [0.1, 0.15) is 12.4 Å². The highest BCUT2D eigenvalue weighted by Crippen LogP contribution is 2.36. The van der Waals surface area contributed by atoms with E-state index in [0.29, 0.717) is 5.01 Å². The van der Waals surface area contributed by atoms with Gasteiger partial charge in [-0.2, -0.15) is 0 Å². The topological polar surface area (TPSA) is 78.2 Å². The zero-order valence-corrected chi connectivity index (χ0v) is 12.1. The molecule has 0 aliphatic heterocycles. The maximum atomic E-state index is 13.1. The Labute approximate surface area is 123 Å². The van der Waals surface area contributed by atoms with Gasteiger partial charge in [0.25, 0.3) is 0 Å². The summed E-state index contributed by atoms with van der Waals surface area (Å²) in [5, 5.41) is 18.6. The van der Waals surface area contributed by atoms with Crippen molar-refractivity contribution in [2.75, 3.05) is 0 Å². The summed E-state index contributed by atoms with van der Waals surface area (Å²) >= 11 is 9.70. The summed E-state index contributed by atoms with van der Waals surface area (Å²) in [5.74, 6) is -0.803. The van der Waals surface area contributed by atoms with Crippen LogP contribution in [0.3, 0.4) is 0 Å². The van der Waals surface area contributed by atoms with Gasteiger partial charge < -0.3 is 4.74 Å². The predicted octanol–water partition coefficient (Wildman–Crippen LogP) is 3.58. The average Bonchev–Trinajstić information content (AvgIpc) is 2.73. The third-order valence-electron chi connectivity index (χ3n) is 1.97. The quantitative estimate of drug-likeness (QED) is 0.609. The molecule has 1 heterocycles. The van der Waals surface area contributed by atoms with E-state index in [2.05, 4.69) is 26.1 Å². The minimum atomic E-state index is -0.732. The Morgan fingerprint density at radius 2 is 2.26 bits per heavy atom. The first kappa shape index (κ1) is 14.1. The minimum Gasteiger partial charge on any atom is -0.479 e. The molecule has 0 aliphatic carbocycles. The molecule has 2 aromatic rings. The highest BCUT2D eigenvalue weighted by atomic mass is 79.9. The van der Waals surface area contributed by atoms with Crippen LogP contribution in [-0.2, 0) is 6.61 Å². The van der Waals surface area contributed by atoms with Gasteiger partial charge in [0.2, 0.25) is 10.2 Å². The second-order valence-corrected chi connectivity index (χ2v) is 5.73. The van der Waals surface area contributed by atoms with Gasteiger partial charge in [-0.05, 0) is 33.6 Å². The van der Waals surface area contributed by atoms with Crippen LogP contribution < -0.4 is 4.74 Å². The summed E-state index contributed by atoms with van der Waals surface area (Å²) in [5.41, 5.74) is -0.470. The van der Waals surface area contributed by atoms with E-state index in [4.69, 9.17) is 16.3 Å². The smallest absolute Gasteiger partial charge is 0.315 e. The maximum absolute atomic E-state index is 13.1.